The van der Waals surface area contributed by atoms with Crippen molar-refractivity contribution in [3.63, 3.8) is 0 Å². The van der Waals surface area contributed by atoms with Gasteiger partial charge in [-0.2, -0.15) is 39.5 Å². The van der Waals surface area contributed by atoms with E-state index in [0.717, 1.165) is 12.1 Å². The molecule has 0 spiro atoms. The molecule has 1 N–H and O–H groups in total. The molecule has 0 heterocycles. The Bertz CT molecular complexity index is 608. The van der Waals surface area contributed by atoms with E-state index in [1.165, 1.54) is 0 Å². The molecule has 0 fully saturated rings. The number of nitrogens with one attached hydrogen (secondary N) is 1. The van der Waals surface area contributed by atoms with E-state index < -0.39 is 48.2 Å². The van der Waals surface area contributed by atoms with Crippen molar-refractivity contribution in [2.24, 2.45) is 0 Å². The molecule has 0 aliphatic rings. The summed E-state index contributed by atoms with van der Waals surface area (Å²) in [6.45, 7) is -0.728. The molecule has 0 aliphatic heterocycles. The van der Waals surface area contributed by atoms with Crippen molar-refractivity contribution >= 4 is 5.78 Å². The van der Waals surface area contributed by atoms with Crippen LogP contribution >= 0.6 is 0 Å². The van der Waals surface area contributed by atoms with E-state index in [1.807, 2.05) is 0 Å². The second-order valence-electron chi connectivity index (χ2n) is 4.47. The highest BCUT2D eigenvalue weighted by atomic mass is 19.4. The van der Waals surface area contributed by atoms with Crippen LogP contribution in [-0.4, -0.2) is 18.1 Å². The third-order valence-electron chi connectivity index (χ3n) is 2.62. The van der Waals surface area contributed by atoms with E-state index in [-0.39, 0.29) is 5.56 Å². The number of halogens is 9. The molecule has 11 heteroatoms. The zero-order chi connectivity index (χ0) is 18.8. The quantitative estimate of drug-likeness (QED) is 0.634. The van der Waals surface area contributed by atoms with Gasteiger partial charge in [0, 0.05) is 12.6 Å². The van der Waals surface area contributed by atoms with Crippen molar-refractivity contribution in [3.05, 3.63) is 47.2 Å². The molecule has 0 unspecified atom stereocenters. The summed E-state index contributed by atoms with van der Waals surface area (Å²) in [5.74, 6) is -2.71. The summed E-state index contributed by atoms with van der Waals surface area (Å²) in [5.41, 5.74) is -3.05. The summed E-state index contributed by atoms with van der Waals surface area (Å²) in [7, 11) is 0. The highest BCUT2D eigenvalue weighted by Crippen LogP contribution is 2.29. The van der Waals surface area contributed by atoms with E-state index in [1.54, 1.807) is 5.32 Å². The van der Waals surface area contributed by atoms with Crippen molar-refractivity contribution < 1.29 is 44.3 Å². The van der Waals surface area contributed by atoms with Crippen LogP contribution in [-0.2, 0) is 17.5 Å². The summed E-state index contributed by atoms with van der Waals surface area (Å²) < 4.78 is 111. The minimum atomic E-state index is -5.48. The summed E-state index contributed by atoms with van der Waals surface area (Å²) in [5, 5.41) is 1.57. The number of hydrogen-bond acceptors (Lipinski definition) is 2. The zero-order valence-corrected chi connectivity index (χ0v) is 11.4. The molecule has 1 aromatic rings. The predicted octanol–water partition coefficient (Wildman–Crippen LogP) is 4.37. The molecule has 0 radical (unpaired) electrons. The Labute approximate surface area is 128 Å². The van der Waals surface area contributed by atoms with E-state index in [0.29, 0.717) is 12.1 Å². The van der Waals surface area contributed by atoms with Gasteiger partial charge in [0.2, 0.25) is 0 Å². The Balaban J connectivity index is 2.91. The molecule has 0 amide bonds. The van der Waals surface area contributed by atoms with Gasteiger partial charge in [0.25, 0.3) is 5.78 Å². The summed E-state index contributed by atoms with van der Waals surface area (Å²) >= 11 is 0. The number of hydrogen-bond donors (Lipinski definition) is 1. The molecule has 1 aromatic carbocycles. The lowest BCUT2D eigenvalue weighted by Crippen LogP contribution is -2.30. The Hall–Kier alpha value is -2.20. The summed E-state index contributed by atoms with van der Waals surface area (Å²) in [6, 6.07) is 2.93. The van der Waals surface area contributed by atoms with Crippen LogP contribution in [0.3, 0.4) is 0 Å². The minimum absolute atomic E-state index is 0.0578. The SMILES string of the molecule is O=C(/C=C(\NCc1ccc(C(F)(F)F)cc1)C(F)(F)F)C(F)(F)F. The van der Waals surface area contributed by atoms with E-state index in [9.17, 15) is 44.3 Å². The number of ketones is 1. The lowest BCUT2D eigenvalue weighted by molar-refractivity contribution is -0.166. The van der Waals surface area contributed by atoms with Crippen LogP contribution < -0.4 is 5.32 Å². The van der Waals surface area contributed by atoms with Gasteiger partial charge in [-0.1, -0.05) is 12.1 Å². The molecule has 0 aromatic heterocycles. The highest BCUT2D eigenvalue weighted by Gasteiger charge is 2.41. The van der Waals surface area contributed by atoms with Gasteiger partial charge in [-0.3, -0.25) is 4.79 Å². The minimum Gasteiger partial charge on any atom is -0.377 e. The van der Waals surface area contributed by atoms with Gasteiger partial charge in [-0.05, 0) is 17.7 Å². The average Bonchev–Trinajstić information content (AvgIpc) is 2.40. The van der Waals surface area contributed by atoms with E-state index in [2.05, 4.69) is 0 Å². The average molecular weight is 365 g/mol. The van der Waals surface area contributed by atoms with Crippen LogP contribution in [0.15, 0.2) is 36.0 Å². The van der Waals surface area contributed by atoms with Gasteiger partial charge >= 0.3 is 18.5 Å². The maximum absolute atomic E-state index is 12.6. The van der Waals surface area contributed by atoms with E-state index in [4.69, 9.17) is 0 Å². The second kappa shape index (κ2) is 6.73. The number of rotatable bonds is 4. The molecular formula is C13H8F9NO. The van der Waals surface area contributed by atoms with Gasteiger partial charge in [-0.15, -0.1) is 0 Å². The first kappa shape index (κ1) is 19.8. The fourth-order valence-electron chi connectivity index (χ4n) is 1.45. The molecule has 2 nitrogen and oxygen atoms in total. The first-order chi connectivity index (χ1) is 10.7. The Morgan fingerprint density at radius 3 is 1.75 bits per heavy atom. The fraction of sp³-hybridized carbons (Fsp3) is 0.308. The van der Waals surface area contributed by atoms with Gasteiger partial charge < -0.3 is 5.32 Å². The predicted molar refractivity (Wildman–Crippen MR) is 63.5 cm³/mol. The molecule has 0 saturated carbocycles. The second-order valence-corrected chi connectivity index (χ2v) is 4.47. The number of benzene rings is 1. The van der Waals surface area contributed by atoms with Crippen molar-refractivity contribution in [3.8, 4) is 0 Å². The zero-order valence-electron chi connectivity index (χ0n) is 11.4. The summed E-state index contributed by atoms with van der Waals surface area (Å²) in [4.78, 5) is 10.6. The molecular weight excluding hydrogens is 357 g/mol. The van der Waals surface area contributed by atoms with Crippen molar-refractivity contribution in [2.75, 3.05) is 0 Å². The van der Waals surface area contributed by atoms with Crippen LogP contribution in [0.2, 0.25) is 0 Å². The monoisotopic (exact) mass is 365 g/mol. The van der Waals surface area contributed by atoms with Crippen LogP contribution in [0.25, 0.3) is 0 Å². The normalized spacial score (nSPS) is 13.8. The van der Waals surface area contributed by atoms with Crippen molar-refractivity contribution in [2.45, 2.75) is 25.1 Å². The molecule has 0 bridgehead atoms. The molecule has 1 rings (SSSR count). The Morgan fingerprint density at radius 2 is 1.38 bits per heavy atom. The third kappa shape index (κ3) is 5.78. The third-order valence-corrected chi connectivity index (χ3v) is 2.62. The van der Waals surface area contributed by atoms with Crippen LogP contribution in [0.1, 0.15) is 11.1 Å². The number of carbonyl (C=O) groups is 1. The maximum atomic E-state index is 12.6. The van der Waals surface area contributed by atoms with Gasteiger partial charge in [0.05, 0.1) is 5.56 Å². The number of alkyl halides is 9. The Morgan fingerprint density at radius 1 is 0.875 bits per heavy atom. The van der Waals surface area contributed by atoms with Crippen LogP contribution in [0, 0.1) is 0 Å². The maximum Gasteiger partial charge on any atom is 0.454 e. The topological polar surface area (TPSA) is 29.1 Å². The lowest BCUT2D eigenvalue weighted by atomic mass is 10.1. The fourth-order valence-corrected chi connectivity index (χ4v) is 1.45. The van der Waals surface area contributed by atoms with Gasteiger partial charge in [0.15, 0.2) is 0 Å². The van der Waals surface area contributed by atoms with Gasteiger partial charge in [-0.25, -0.2) is 0 Å². The smallest absolute Gasteiger partial charge is 0.377 e. The van der Waals surface area contributed by atoms with Crippen molar-refractivity contribution in [1.29, 1.82) is 0 Å². The number of carbonyl (C=O) groups excluding carboxylic acids is 1. The van der Waals surface area contributed by atoms with E-state index >= 15 is 0 Å². The van der Waals surface area contributed by atoms with Gasteiger partial charge in [0.1, 0.15) is 5.70 Å². The molecule has 134 valence electrons. The van der Waals surface area contributed by atoms with Crippen molar-refractivity contribution in [1.82, 2.24) is 5.32 Å². The number of allylic oxidation sites excluding steroid dienone is 2. The van der Waals surface area contributed by atoms with Crippen LogP contribution in [0.4, 0.5) is 39.5 Å². The molecule has 0 atom stereocenters. The lowest BCUT2D eigenvalue weighted by Gasteiger charge is -2.15. The first-order valence-electron chi connectivity index (χ1n) is 6.01. The summed E-state index contributed by atoms with van der Waals surface area (Å²) in [6.07, 6.45) is -16.0. The van der Waals surface area contributed by atoms with Crippen LogP contribution in [0.5, 0.6) is 0 Å². The molecule has 0 aliphatic carbocycles. The molecule has 0 saturated heterocycles. The standard InChI is InChI=1S/C13H8F9NO/c14-11(15,16)8-3-1-7(2-4-8)6-23-9(12(17,18)19)5-10(24)13(20,21)22/h1-5,23H,6H2/b9-5-. The molecule has 24 heavy (non-hydrogen) atoms. The first-order valence-corrected chi connectivity index (χ1v) is 6.01. The highest BCUT2D eigenvalue weighted by molar-refractivity contribution is 5.95. The Kier molecular flexibility index (Phi) is 5.57. The largest absolute Gasteiger partial charge is 0.454 e.